The predicted molar refractivity (Wildman–Crippen MR) is 92.3 cm³/mol. The zero-order chi connectivity index (χ0) is 15.6. The van der Waals surface area contributed by atoms with E-state index in [2.05, 4.69) is 26.1 Å². The van der Waals surface area contributed by atoms with Gasteiger partial charge in [0.25, 0.3) is 5.91 Å². The second-order valence-electron chi connectivity index (χ2n) is 6.74. The van der Waals surface area contributed by atoms with Crippen LogP contribution in [0.1, 0.15) is 36.2 Å². The molecule has 1 heterocycles. The molecule has 0 saturated carbocycles. The summed E-state index contributed by atoms with van der Waals surface area (Å²) in [6.07, 6.45) is 1.23. The number of thioether (sulfide) groups is 1. The minimum atomic E-state index is 0.0512. The second-order valence-corrected chi connectivity index (χ2v) is 7.89. The molecule has 1 N–H and O–H groups in total. The molecule has 116 valence electrons. The van der Waals surface area contributed by atoms with E-state index in [9.17, 15) is 4.79 Å². The van der Waals surface area contributed by atoms with Gasteiger partial charge in [-0.05, 0) is 42.2 Å². The van der Waals surface area contributed by atoms with Gasteiger partial charge in [0.05, 0.1) is 0 Å². The highest BCUT2D eigenvalue weighted by molar-refractivity contribution is 7.99. The van der Waals surface area contributed by atoms with E-state index in [1.807, 2.05) is 30.0 Å². The molecule has 0 spiro atoms. The zero-order valence-corrected chi connectivity index (χ0v) is 14.5. The van der Waals surface area contributed by atoms with Gasteiger partial charge in [0.1, 0.15) is 0 Å². The summed E-state index contributed by atoms with van der Waals surface area (Å²) in [5, 5.41) is 3.68. The molecule has 2 rings (SSSR count). The Labute approximate surface area is 132 Å². The van der Waals surface area contributed by atoms with Crippen molar-refractivity contribution in [2.45, 2.75) is 33.2 Å². The van der Waals surface area contributed by atoms with E-state index in [-0.39, 0.29) is 5.91 Å². The molecule has 1 aromatic rings. The molecular weight excluding hydrogens is 280 g/mol. The number of nitrogens with one attached hydrogen (secondary N) is 1. The molecule has 1 unspecified atom stereocenters. The number of benzene rings is 1. The Morgan fingerprint density at radius 1 is 1.38 bits per heavy atom. The SMILES string of the molecule is Cc1ccc(C(=O)N(C)C)cc1NC1CSCCC1(C)C. The van der Waals surface area contributed by atoms with Crippen molar-refractivity contribution in [3.8, 4) is 0 Å². The van der Waals surface area contributed by atoms with Gasteiger partial charge in [0.15, 0.2) is 0 Å². The van der Waals surface area contributed by atoms with Crippen LogP contribution in [0.2, 0.25) is 0 Å². The van der Waals surface area contributed by atoms with Crippen molar-refractivity contribution in [2.24, 2.45) is 5.41 Å². The van der Waals surface area contributed by atoms with Crippen LogP contribution >= 0.6 is 11.8 Å². The molecule has 4 heteroatoms. The summed E-state index contributed by atoms with van der Waals surface area (Å²) in [4.78, 5) is 13.7. The van der Waals surface area contributed by atoms with Crippen LogP contribution < -0.4 is 5.32 Å². The van der Waals surface area contributed by atoms with Crippen LogP contribution in [0.25, 0.3) is 0 Å². The lowest BCUT2D eigenvalue weighted by Crippen LogP contribution is -2.41. The first-order chi connectivity index (χ1) is 9.81. The molecule has 1 atom stereocenters. The molecule has 0 radical (unpaired) electrons. The molecular formula is C17H26N2OS. The van der Waals surface area contributed by atoms with Crippen LogP contribution in [0.15, 0.2) is 18.2 Å². The molecule has 1 saturated heterocycles. The first-order valence-corrected chi connectivity index (χ1v) is 8.63. The summed E-state index contributed by atoms with van der Waals surface area (Å²) in [6, 6.07) is 6.37. The third-order valence-electron chi connectivity index (χ3n) is 4.34. The second kappa shape index (κ2) is 6.30. The van der Waals surface area contributed by atoms with E-state index in [4.69, 9.17) is 0 Å². The maximum absolute atomic E-state index is 12.1. The Kier molecular flexibility index (Phi) is 4.87. The third-order valence-corrected chi connectivity index (χ3v) is 5.40. The number of aryl methyl sites for hydroxylation is 1. The van der Waals surface area contributed by atoms with Gasteiger partial charge in [-0.2, -0.15) is 11.8 Å². The summed E-state index contributed by atoms with van der Waals surface area (Å²) in [5.74, 6) is 2.41. The molecule has 0 aliphatic carbocycles. The number of carbonyl (C=O) groups is 1. The molecule has 21 heavy (non-hydrogen) atoms. The van der Waals surface area contributed by atoms with Crippen LogP contribution in [-0.4, -0.2) is 42.4 Å². The molecule has 1 amide bonds. The van der Waals surface area contributed by atoms with Gasteiger partial charge >= 0.3 is 0 Å². The maximum Gasteiger partial charge on any atom is 0.253 e. The molecule has 1 aromatic carbocycles. The fourth-order valence-corrected chi connectivity index (χ4v) is 4.14. The maximum atomic E-state index is 12.1. The molecule has 3 nitrogen and oxygen atoms in total. The van der Waals surface area contributed by atoms with Crippen LogP contribution in [0.5, 0.6) is 0 Å². The summed E-state index contributed by atoms with van der Waals surface area (Å²) in [5.41, 5.74) is 3.31. The number of anilines is 1. The number of hydrogen-bond donors (Lipinski definition) is 1. The number of amides is 1. The molecule has 1 aliphatic rings. The summed E-state index contributed by atoms with van der Waals surface area (Å²) < 4.78 is 0. The minimum Gasteiger partial charge on any atom is -0.381 e. The predicted octanol–water partition coefficient (Wildman–Crippen LogP) is 3.64. The van der Waals surface area contributed by atoms with Gasteiger partial charge < -0.3 is 10.2 Å². The molecule has 0 bridgehead atoms. The zero-order valence-electron chi connectivity index (χ0n) is 13.7. The minimum absolute atomic E-state index is 0.0512. The lowest BCUT2D eigenvalue weighted by molar-refractivity contribution is 0.0827. The van der Waals surface area contributed by atoms with Gasteiger partial charge in [0, 0.05) is 37.1 Å². The lowest BCUT2D eigenvalue weighted by atomic mass is 9.82. The highest BCUT2D eigenvalue weighted by Gasteiger charge is 2.32. The van der Waals surface area contributed by atoms with Crippen molar-refractivity contribution in [2.75, 3.05) is 30.9 Å². The average molecular weight is 306 g/mol. The largest absolute Gasteiger partial charge is 0.381 e. The first-order valence-electron chi connectivity index (χ1n) is 7.48. The van der Waals surface area contributed by atoms with Gasteiger partial charge in [0.2, 0.25) is 0 Å². The Morgan fingerprint density at radius 3 is 2.71 bits per heavy atom. The van der Waals surface area contributed by atoms with E-state index in [0.717, 1.165) is 17.0 Å². The van der Waals surface area contributed by atoms with Crippen LogP contribution in [0, 0.1) is 12.3 Å². The number of rotatable bonds is 3. The van der Waals surface area contributed by atoms with Crippen LogP contribution in [0.3, 0.4) is 0 Å². The number of carbonyl (C=O) groups excluding carboxylic acids is 1. The van der Waals surface area contributed by atoms with Crippen molar-refractivity contribution in [3.05, 3.63) is 29.3 Å². The monoisotopic (exact) mass is 306 g/mol. The average Bonchev–Trinajstić information content (AvgIpc) is 2.42. The van der Waals surface area contributed by atoms with Crippen LogP contribution in [0.4, 0.5) is 5.69 Å². The van der Waals surface area contributed by atoms with Gasteiger partial charge in [-0.15, -0.1) is 0 Å². The van der Waals surface area contributed by atoms with Crippen molar-refractivity contribution >= 4 is 23.4 Å². The van der Waals surface area contributed by atoms with Crippen molar-refractivity contribution in [1.82, 2.24) is 4.90 Å². The Hall–Kier alpha value is -1.16. The Morgan fingerprint density at radius 2 is 2.10 bits per heavy atom. The van der Waals surface area contributed by atoms with Crippen molar-refractivity contribution < 1.29 is 4.79 Å². The highest BCUT2D eigenvalue weighted by Crippen LogP contribution is 2.36. The summed E-state index contributed by atoms with van der Waals surface area (Å²) in [7, 11) is 3.58. The van der Waals surface area contributed by atoms with E-state index in [0.29, 0.717) is 11.5 Å². The quantitative estimate of drug-likeness (QED) is 0.925. The number of hydrogen-bond acceptors (Lipinski definition) is 3. The van der Waals surface area contributed by atoms with E-state index in [1.165, 1.54) is 17.7 Å². The van der Waals surface area contributed by atoms with Gasteiger partial charge in [-0.3, -0.25) is 4.79 Å². The van der Waals surface area contributed by atoms with Gasteiger partial charge in [-0.1, -0.05) is 19.9 Å². The van der Waals surface area contributed by atoms with E-state index < -0.39 is 0 Å². The lowest BCUT2D eigenvalue weighted by Gasteiger charge is -2.39. The van der Waals surface area contributed by atoms with Crippen molar-refractivity contribution in [3.63, 3.8) is 0 Å². The fraction of sp³-hybridized carbons (Fsp3) is 0.588. The van der Waals surface area contributed by atoms with E-state index >= 15 is 0 Å². The number of nitrogens with zero attached hydrogens (tertiary/aromatic N) is 1. The first kappa shape index (κ1) is 16.2. The topological polar surface area (TPSA) is 32.3 Å². The summed E-state index contributed by atoms with van der Waals surface area (Å²) >= 11 is 2.01. The Bertz CT molecular complexity index is 526. The van der Waals surface area contributed by atoms with E-state index in [1.54, 1.807) is 19.0 Å². The summed E-state index contributed by atoms with van der Waals surface area (Å²) in [6.45, 7) is 6.75. The van der Waals surface area contributed by atoms with Crippen LogP contribution in [-0.2, 0) is 0 Å². The van der Waals surface area contributed by atoms with Crippen molar-refractivity contribution in [1.29, 1.82) is 0 Å². The highest BCUT2D eigenvalue weighted by atomic mass is 32.2. The fourth-order valence-electron chi connectivity index (χ4n) is 2.53. The third kappa shape index (κ3) is 3.73. The molecule has 1 aliphatic heterocycles. The Balaban J connectivity index is 2.23. The normalized spacial score (nSPS) is 20.9. The van der Waals surface area contributed by atoms with Gasteiger partial charge in [-0.25, -0.2) is 0 Å². The smallest absolute Gasteiger partial charge is 0.253 e. The molecule has 0 aromatic heterocycles. The molecule has 1 fully saturated rings. The standard InChI is InChI=1S/C17H26N2OS/c1-12-6-7-13(16(20)19(4)5)10-14(12)18-15-11-21-9-8-17(15,2)3/h6-7,10,15,18H,8-9,11H2,1-5H3.